The average Bonchev–Trinajstić information content (AvgIpc) is 2.38. The molecular formula is C15H13Br2FO. The first kappa shape index (κ1) is 14.5. The molecule has 0 radical (unpaired) electrons. The minimum Gasteiger partial charge on any atom is -0.496 e. The number of ether oxygens (including phenoxy) is 1. The summed E-state index contributed by atoms with van der Waals surface area (Å²) in [7, 11) is 1.59. The second-order valence-corrected chi connectivity index (χ2v) is 6.21. The Hall–Kier alpha value is -0.870. The Balaban J connectivity index is 2.24. The van der Waals surface area contributed by atoms with Crippen molar-refractivity contribution in [2.45, 2.75) is 11.2 Å². The summed E-state index contributed by atoms with van der Waals surface area (Å²) in [6.45, 7) is 0. The summed E-state index contributed by atoms with van der Waals surface area (Å²) in [5.41, 5.74) is 1.99. The van der Waals surface area contributed by atoms with Gasteiger partial charge in [-0.25, -0.2) is 4.39 Å². The Kier molecular flexibility index (Phi) is 4.99. The van der Waals surface area contributed by atoms with E-state index < -0.39 is 0 Å². The van der Waals surface area contributed by atoms with Crippen LogP contribution in [0.25, 0.3) is 0 Å². The molecular weight excluding hydrogens is 375 g/mol. The van der Waals surface area contributed by atoms with Gasteiger partial charge in [-0.15, -0.1) is 0 Å². The van der Waals surface area contributed by atoms with Crippen LogP contribution in [-0.4, -0.2) is 7.11 Å². The molecule has 0 amide bonds. The van der Waals surface area contributed by atoms with E-state index in [4.69, 9.17) is 4.74 Å². The summed E-state index contributed by atoms with van der Waals surface area (Å²) >= 11 is 7.06. The predicted octanol–water partition coefficient (Wildman–Crippen LogP) is 5.28. The summed E-state index contributed by atoms with van der Waals surface area (Å²) < 4.78 is 19.7. The van der Waals surface area contributed by atoms with Crippen molar-refractivity contribution in [1.82, 2.24) is 0 Å². The van der Waals surface area contributed by atoms with Crippen molar-refractivity contribution in [3.63, 3.8) is 0 Å². The first-order valence-electron chi connectivity index (χ1n) is 5.82. The van der Waals surface area contributed by atoms with E-state index in [-0.39, 0.29) is 10.6 Å². The summed E-state index contributed by atoms with van der Waals surface area (Å²) in [5, 5.41) is 0. The van der Waals surface area contributed by atoms with Gasteiger partial charge in [0.1, 0.15) is 11.6 Å². The third-order valence-electron chi connectivity index (χ3n) is 2.83. The monoisotopic (exact) mass is 386 g/mol. The second kappa shape index (κ2) is 6.53. The van der Waals surface area contributed by atoms with Gasteiger partial charge in [0.2, 0.25) is 0 Å². The smallest absolute Gasteiger partial charge is 0.123 e. The van der Waals surface area contributed by atoms with Gasteiger partial charge < -0.3 is 4.74 Å². The molecule has 0 aliphatic carbocycles. The van der Waals surface area contributed by atoms with Gasteiger partial charge in [0.05, 0.1) is 7.11 Å². The van der Waals surface area contributed by atoms with E-state index >= 15 is 0 Å². The Bertz CT molecular complexity index is 572. The SMILES string of the molecule is COc1ccc(F)cc1C(Br)Cc1cccc(Br)c1. The molecule has 19 heavy (non-hydrogen) atoms. The van der Waals surface area contributed by atoms with Crippen LogP contribution in [0.15, 0.2) is 46.9 Å². The van der Waals surface area contributed by atoms with E-state index in [0.29, 0.717) is 5.75 Å². The van der Waals surface area contributed by atoms with Crippen molar-refractivity contribution in [3.8, 4) is 5.75 Å². The molecule has 4 heteroatoms. The lowest BCUT2D eigenvalue weighted by Gasteiger charge is -2.14. The van der Waals surface area contributed by atoms with Crippen molar-refractivity contribution in [3.05, 3.63) is 63.9 Å². The van der Waals surface area contributed by atoms with Gasteiger partial charge in [-0.2, -0.15) is 0 Å². The summed E-state index contributed by atoms with van der Waals surface area (Å²) in [4.78, 5) is 0.00690. The van der Waals surface area contributed by atoms with Crippen LogP contribution >= 0.6 is 31.9 Å². The van der Waals surface area contributed by atoms with E-state index in [1.54, 1.807) is 13.2 Å². The summed E-state index contributed by atoms with van der Waals surface area (Å²) in [6, 6.07) is 12.6. The van der Waals surface area contributed by atoms with E-state index in [1.165, 1.54) is 17.7 Å². The minimum absolute atomic E-state index is 0.00690. The normalized spacial score (nSPS) is 12.2. The maximum atomic E-state index is 13.4. The molecule has 100 valence electrons. The highest BCUT2D eigenvalue weighted by Gasteiger charge is 2.15. The third-order valence-corrected chi connectivity index (χ3v) is 4.14. The molecule has 0 aromatic heterocycles. The van der Waals surface area contributed by atoms with Gasteiger partial charge in [0.15, 0.2) is 0 Å². The fourth-order valence-electron chi connectivity index (χ4n) is 1.93. The maximum Gasteiger partial charge on any atom is 0.123 e. The number of rotatable bonds is 4. The lowest BCUT2D eigenvalue weighted by atomic mass is 10.0. The highest BCUT2D eigenvalue weighted by Crippen LogP contribution is 2.34. The molecule has 0 spiro atoms. The Morgan fingerprint density at radius 1 is 1.21 bits per heavy atom. The topological polar surface area (TPSA) is 9.23 Å². The molecule has 0 heterocycles. The summed E-state index contributed by atoms with van der Waals surface area (Å²) in [5.74, 6) is 0.438. The van der Waals surface area contributed by atoms with E-state index in [1.807, 2.05) is 18.2 Å². The van der Waals surface area contributed by atoms with E-state index in [9.17, 15) is 4.39 Å². The van der Waals surface area contributed by atoms with Gasteiger partial charge >= 0.3 is 0 Å². The zero-order chi connectivity index (χ0) is 13.8. The number of halogens is 3. The molecule has 0 bridgehead atoms. The van der Waals surface area contributed by atoms with Crippen molar-refractivity contribution < 1.29 is 9.13 Å². The zero-order valence-corrected chi connectivity index (χ0v) is 13.5. The van der Waals surface area contributed by atoms with Crippen LogP contribution in [0, 0.1) is 5.82 Å². The predicted molar refractivity (Wildman–Crippen MR) is 82.5 cm³/mol. The lowest BCUT2D eigenvalue weighted by molar-refractivity contribution is 0.408. The molecule has 1 nitrogen and oxygen atoms in total. The van der Waals surface area contributed by atoms with E-state index in [2.05, 4.69) is 37.9 Å². The average molecular weight is 388 g/mol. The minimum atomic E-state index is -0.255. The fraction of sp³-hybridized carbons (Fsp3) is 0.200. The van der Waals surface area contributed by atoms with Crippen LogP contribution < -0.4 is 4.74 Å². The molecule has 0 N–H and O–H groups in total. The first-order valence-corrected chi connectivity index (χ1v) is 7.53. The van der Waals surface area contributed by atoms with Crippen LogP contribution in [0.3, 0.4) is 0 Å². The van der Waals surface area contributed by atoms with Crippen molar-refractivity contribution in [2.24, 2.45) is 0 Å². The highest BCUT2D eigenvalue weighted by molar-refractivity contribution is 9.10. The standard InChI is InChI=1S/C15H13Br2FO/c1-19-15-6-5-12(18)9-13(15)14(17)8-10-3-2-4-11(16)7-10/h2-7,9,14H,8H2,1H3. The molecule has 2 rings (SSSR count). The third kappa shape index (κ3) is 3.80. The van der Waals surface area contributed by atoms with Crippen LogP contribution in [0.5, 0.6) is 5.75 Å². The largest absolute Gasteiger partial charge is 0.496 e. The molecule has 0 aliphatic heterocycles. The number of alkyl halides is 1. The van der Waals surface area contributed by atoms with Crippen LogP contribution in [0.2, 0.25) is 0 Å². The molecule has 0 saturated heterocycles. The summed E-state index contributed by atoms with van der Waals surface area (Å²) in [6.07, 6.45) is 0.763. The van der Waals surface area contributed by atoms with Crippen molar-refractivity contribution in [1.29, 1.82) is 0 Å². The van der Waals surface area contributed by atoms with E-state index in [0.717, 1.165) is 16.5 Å². The molecule has 1 atom stereocenters. The molecule has 2 aromatic rings. The van der Waals surface area contributed by atoms with Gasteiger partial charge in [-0.3, -0.25) is 0 Å². The molecule has 0 aliphatic rings. The maximum absolute atomic E-state index is 13.4. The highest BCUT2D eigenvalue weighted by atomic mass is 79.9. The Morgan fingerprint density at radius 3 is 2.68 bits per heavy atom. The molecule has 2 aromatic carbocycles. The first-order chi connectivity index (χ1) is 9.10. The van der Waals surface area contributed by atoms with Crippen LogP contribution in [0.1, 0.15) is 16.0 Å². The molecule has 0 fully saturated rings. The molecule has 0 saturated carbocycles. The number of benzene rings is 2. The number of hydrogen-bond donors (Lipinski definition) is 0. The zero-order valence-electron chi connectivity index (χ0n) is 10.4. The van der Waals surface area contributed by atoms with Crippen molar-refractivity contribution >= 4 is 31.9 Å². The van der Waals surface area contributed by atoms with Gasteiger partial charge in [-0.05, 0) is 42.3 Å². The quantitative estimate of drug-likeness (QED) is 0.649. The van der Waals surface area contributed by atoms with Gasteiger partial charge in [0.25, 0.3) is 0 Å². The van der Waals surface area contributed by atoms with Crippen LogP contribution in [-0.2, 0) is 6.42 Å². The van der Waals surface area contributed by atoms with Crippen LogP contribution in [0.4, 0.5) is 4.39 Å². The fourth-order valence-corrected chi connectivity index (χ4v) is 3.11. The van der Waals surface area contributed by atoms with Crippen molar-refractivity contribution in [2.75, 3.05) is 7.11 Å². The lowest BCUT2D eigenvalue weighted by Crippen LogP contribution is -1.99. The Morgan fingerprint density at radius 2 is 2.00 bits per heavy atom. The number of methoxy groups -OCH3 is 1. The van der Waals surface area contributed by atoms with Gasteiger partial charge in [-0.1, -0.05) is 44.0 Å². The van der Waals surface area contributed by atoms with Gasteiger partial charge in [0, 0.05) is 14.9 Å². The number of hydrogen-bond acceptors (Lipinski definition) is 1. The molecule has 1 unspecified atom stereocenters. The second-order valence-electron chi connectivity index (χ2n) is 4.19. The Labute approximate surface area is 129 Å².